The van der Waals surface area contributed by atoms with Crippen molar-refractivity contribution in [2.75, 3.05) is 44.6 Å². The number of amides is 2. The third-order valence-corrected chi connectivity index (χ3v) is 6.22. The number of hydrogen-bond acceptors (Lipinski definition) is 7. The molecular formula is C28H30FN7O2. The van der Waals surface area contributed by atoms with Crippen molar-refractivity contribution in [1.82, 2.24) is 20.5 Å². The molecule has 5 N–H and O–H groups in total. The van der Waals surface area contributed by atoms with Gasteiger partial charge < -0.3 is 21.7 Å². The fourth-order valence-electron chi connectivity index (χ4n) is 4.43. The first-order valence-corrected chi connectivity index (χ1v) is 12.5. The fourth-order valence-corrected chi connectivity index (χ4v) is 4.43. The maximum Gasteiger partial charge on any atom is 0.255 e. The maximum absolute atomic E-state index is 13.6. The van der Waals surface area contributed by atoms with Gasteiger partial charge >= 0.3 is 0 Å². The van der Waals surface area contributed by atoms with Crippen molar-refractivity contribution in [2.24, 2.45) is 5.73 Å². The second kappa shape index (κ2) is 12.8. The smallest absolute Gasteiger partial charge is 0.255 e. The first-order chi connectivity index (χ1) is 18.5. The number of hydrogen-bond donors (Lipinski definition) is 4. The number of nitrogens with two attached hydrogens (primary N) is 1. The number of aromatic nitrogens is 1. The number of nitriles is 1. The van der Waals surface area contributed by atoms with Gasteiger partial charge in [-0.05, 0) is 42.3 Å². The molecule has 0 aliphatic carbocycles. The Morgan fingerprint density at radius 1 is 1.21 bits per heavy atom. The summed E-state index contributed by atoms with van der Waals surface area (Å²) in [6, 6.07) is 18.7. The molecule has 1 saturated heterocycles. The molecule has 1 atom stereocenters. The predicted octanol–water partition coefficient (Wildman–Crippen LogP) is 1.90. The summed E-state index contributed by atoms with van der Waals surface area (Å²) in [6.45, 7) is 2.58. The molecule has 9 nitrogen and oxygen atoms in total. The number of nitrogens with one attached hydrogen (secondary N) is 3. The van der Waals surface area contributed by atoms with Gasteiger partial charge in [-0.1, -0.05) is 30.3 Å². The molecule has 38 heavy (non-hydrogen) atoms. The van der Waals surface area contributed by atoms with Crippen LogP contribution in [0.1, 0.15) is 21.5 Å². The number of anilines is 1. The molecule has 10 heteroatoms. The van der Waals surface area contributed by atoms with E-state index in [1.54, 1.807) is 36.4 Å². The van der Waals surface area contributed by atoms with Gasteiger partial charge in [0.1, 0.15) is 11.6 Å². The van der Waals surface area contributed by atoms with Crippen LogP contribution in [0.2, 0.25) is 0 Å². The molecule has 2 aromatic carbocycles. The molecule has 0 radical (unpaired) electrons. The number of benzene rings is 2. The van der Waals surface area contributed by atoms with Gasteiger partial charge in [0.25, 0.3) is 5.91 Å². The van der Waals surface area contributed by atoms with E-state index in [1.807, 2.05) is 17.0 Å². The third kappa shape index (κ3) is 6.91. The molecule has 3 aromatic rings. The summed E-state index contributed by atoms with van der Waals surface area (Å²) in [5.41, 5.74) is 8.43. The highest BCUT2D eigenvalue weighted by atomic mass is 19.1. The third-order valence-electron chi connectivity index (χ3n) is 6.22. The zero-order chi connectivity index (χ0) is 26.9. The van der Waals surface area contributed by atoms with Crippen LogP contribution in [0.3, 0.4) is 0 Å². The van der Waals surface area contributed by atoms with Gasteiger partial charge in [-0.15, -0.1) is 0 Å². The van der Waals surface area contributed by atoms with Crippen LogP contribution in [0.5, 0.6) is 0 Å². The Hall–Kier alpha value is -4.33. The van der Waals surface area contributed by atoms with E-state index in [1.165, 1.54) is 12.1 Å². The van der Waals surface area contributed by atoms with Crippen LogP contribution < -0.4 is 21.7 Å². The van der Waals surface area contributed by atoms with Crippen LogP contribution in [0.15, 0.2) is 60.7 Å². The molecule has 196 valence electrons. The topological polar surface area (TPSA) is 136 Å². The Bertz CT molecular complexity index is 1340. The van der Waals surface area contributed by atoms with Crippen LogP contribution in [-0.4, -0.2) is 67.0 Å². The molecule has 1 aliphatic heterocycles. The molecule has 0 spiro atoms. The number of carbonyl (C=O) groups excluding carboxylic acids is 2. The summed E-state index contributed by atoms with van der Waals surface area (Å²) >= 11 is 0. The van der Waals surface area contributed by atoms with Crippen molar-refractivity contribution in [3.63, 3.8) is 0 Å². The minimum atomic E-state index is -0.351. The lowest BCUT2D eigenvalue weighted by atomic mass is 10.0. The second-order valence-electron chi connectivity index (χ2n) is 9.05. The highest BCUT2D eigenvalue weighted by molar-refractivity contribution is 5.99. The van der Waals surface area contributed by atoms with Crippen molar-refractivity contribution in [3.05, 3.63) is 83.2 Å². The van der Waals surface area contributed by atoms with E-state index in [2.05, 4.69) is 27.0 Å². The van der Waals surface area contributed by atoms with Gasteiger partial charge in [0.05, 0.1) is 35.5 Å². The molecular weight excluding hydrogens is 485 g/mol. The van der Waals surface area contributed by atoms with E-state index in [0.717, 1.165) is 5.56 Å². The Morgan fingerprint density at radius 3 is 2.84 bits per heavy atom. The van der Waals surface area contributed by atoms with Gasteiger partial charge in [0.15, 0.2) is 0 Å². The van der Waals surface area contributed by atoms with E-state index in [-0.39, 0.29) is 36.8 Å². The van der Waals surface area contributed by atoms with E-state index in [4.69, 9.17) is 5.73 Å². The minimum Gasteiger partial charge on any atom is -0.369 e. The van der Waals surface area contributed by atoms with Crippen molar-refractivity contribution in [3.8, 4) is 17.3 Å². The average molecular weight is 516 g/mol. The molecule has 1 aromatic heterocycles. The van der Waals surface area contributed by atoms with E-state index in [9.17, 15) is 19.2 Å². The lowest BCUT2D eigenvalue weighted by Crippen LogP contribution is -2.58. The van der Waals surface area contributed by atoms with E-state index >= 15 is 0 Å². The fraction of sp³-hybridized carbons (Fsp3) is 0.286. The second-order valence-corrected chi connectivity index (χ2v) is 9.05. The summed E-state index contributed by atoms with van der Waals surface area (Å²) in [5, 5.41) is 18.5. The number of halogens is 1. The summed E-state index contributed by atoms with van der Waals surface area (Å²) < 4.78 is 13.6. The molecule has 0 bridgehead atoms. The van der Waals surface area contributed by atoms with Crippen LogP contribution in [0, 0.1) is 17.1 Å². The van der Waals surface area contributed by atoms with Crippen LogP contribution in [0.25, 0.3) is 11.3 Å². The van der Waals surface area contributed by atoms with Gasteiger partial charge in [-0.2, -0.15) is 5.26 Å². The normalized spacial score (nSPS) is 15.4. The molecule has 2 amide bonds. The zero-order valence-electron chi connectivity index (χ0n) is 20.9. The molecule has 2 heterocycles. The quantitative estimate of drug-likeness (QED) is 0.324. The van der Waals surface area contributed by atoms with Crippen molar-refractivity contribution < 1.29 is 14.0 Å². The molecule has 0 unspecified atom stereocenters. The SMILES string of the molecule is N#Cc1ccccc1-c1ccc(C(=O)NC[C@H]2CN(CCN)CC(=O)N2)c(NCCc2cccc(F)c2)n1. The number of pyridine rings is 1. The Balaban J connectivity index is 1.52. The lowest BCUT2D eigenvalue weighted by molar-refractivity contribution is -0.125. The average Bonchev–Trinajstić information content (AvgIpc) is 2.91. The minimum absolute atomic E-state index is 0.106. The first-order valence-electron chi connectivity index (χ1n) is 12.5. The van der Waals surface area contributed by atoms with Gasteiger partial charge in [-0.3, -0.25) is 14.5 Å². The molecule has 1 aliphatic rings. The van der Waals surface area contributed by atoms with E-state index in [0.29, 0.717) is 60.8 Å². The van der Waals surface area contributed by atoms with Crippen molar-refractivity contribution >= 4 is 17.6 Å². The van der Waals surface area contributed by atoms with Crippen LogP contribution >= 0.6 is 0 Å². The molecule has 0 saturated carbocycles. The molecule has 1 fully saturated rings. The largest absolute Gasteiger partial charge is 0.369 e. The van der Waals surface area contributed by atoms with Crippen molar-refractivity contribution in [2.45, 2.75) is 12.5 Å². The predicted molar refractivity (Wildman–Crippen MR) is 143 cm³/mol. The van der Waals surface area contributed by atoms with Gasteiger partial charge in [0, 0.05) is 38.3 Å². The lowest BCUT2D eigenvalue weighted by Gasteiger charge is -2.32. The van der Waals surface area contributed by atoms with Crippen LogP contribution in [-0.2, 0) is 11.2 Å². The number of rotatable bonds is 10. The highest BCUT2D eigenvalue weighted by Crippen LogP contribution is 2.25. The highest BCUT2D eigenvalue weighted by Gasteiger charge is 2.25. The number of nitrogens with zero attached hydrogens (tertiary/aromatic N) is 3. The first kappa shape index (κ1) is 26.7. The monoisotopic (exact) mass is 515 g/mol. The number of piperazine rings is 1. The van der Waals surface area contributed by atoms with E-state index < -0.39 is 0 Å². The zero-order valence-corrected chi connectivity index (χ0v) is 20.9. The van der Waals surface area contributed by atoms with Crippen molar-refractivity contribution in [1.29, 1.82) is 5.26 Å². The summed E-state index contributed by atoms with van der Waals surface area (Å²) in [7, 11) is 0. The molecule has 4 rings (SSSR count). The van der Waals surface area contributed by atoms with Gasteiger partial charge in [0.2, 0.25) is 5.91 Å². The Kier molecular flexibility index (Phi) is 8.98. The van der Waals surface area contributed by atoms with Gasteiger partial charge in [-0.25, -0.2) is 9.37 Å². The summed E-state index contributed by atoms with van der Waals surface area (Å²) in [5.74, 6) is -0.417. The summed E-state index contributed by atoms with van der Waals surface area (Å²) in [6.07, 6.45) is 0.518. The Morgan fingerprint density at radius 2 is 2.05 bits per heavy atom. The summed E-state index contributed by atoms with van der Waals surface area (Å²) in [4.78, 5) is 31.9. The maximum atomic E-state index is 13.6. The number of carbonyl (C=O) groups is 2. The Labute approximate surface area is 220 Å². The standard InChI is InChI=1S/C28H30FN7O2/c29-21-6-3-4-19(14-21)10-12-32-27-24(8-9-25(35-27)23-7-2-1-5-20(23)15-31)28(38)33-16-22-17-36(13-11-30)18-26(37)34-22/h1-9,14,22H,10-13,16-18,30H2,(H,32,35)(H,33,38)(H,34,37)/t22-/m0/s1. The van der Waals surface area contributed by atoms with Crippen LogP contribution in [0.4, 0.5) is 10.2 Å².